The number of ether oxygens (including phenoxy) is 1. The molecule has 4 rings (SSSR count). The van der Waals surface area contributed by atoms with E-state index in [2.05, 4.69) is 25.4 Å². The summed E-state index contributed by atoms with van der Waals surface area (Å²) in [4.78, 5) is 50.6. The number of nitrogens with one attached hydrogen (secondary N) is 2. The van der Waals surface area contributed by atoms with Crippen molar-refractivity contribution in [2.24, 2.45) is 0 Å². The number of alkyl carbamates (subject to hydrolysis) is 1. The van der Waals surface area contributed by atoms with Crippen molar-refractivity contribution in [1.29, 1.82) is 0 Å². The Balaban J connectivity index is 1.43. The highest BCUT2D eigenvalue weighted by Crippen LogP contribution is 2.48. The molecule has 0 aliphatic heterocycles. The Morgan fingerprint density at radius 3 is 2.00 bits per heavy atom. The number of carbonyl (C=O) groups excluding carboxylic acids is 3. The highest BCUT2D eigenvalue weighted by Gasteiger charge is 2.31. The van der Waals surface area contributed by atoms with Gasteiger partial charge in [0.2, 0.25) is 5.91 Å². The van der Waals surface area contributed by atoms with Gasteiger partial charge < -0.3 is 20.5 Å². The summed E-state index contributed by atoms with van der Waals surface area (Å²) in [6, 6.07) is 22.7. The molecule has 0 saturated heterocycles. The van der Waals surface area contributed by atoms with E-state index < -0.39 is 38.5 Å². The lowest BCUT2D eigenvalue weighted by molar-refractivity contribution is -0.142. The molecule has 0 aromatic heterocycles. The number of carbonyl (C=O) groups is 4. The molecule has 0 bridgehead atoms. The van der Waals surface area contributed by atoms with E-state index >= 15 is 0 Å². The molecular formula is C32H35BrN2O6S. The van der Waals surface area contributed by atoms with Gasteiger partial charge in [-0.3, -0.25) is 9.59 Å². The fourth-order valence-corrected chi connectivity index (χ4v) is 6.81. The third-order valence-electron chi connectivity index (χ3n) is 7.07. The van der Waals surface area contributed by atoms with Crippen molar-refractivity contribution in [3.63, 3.8) is 0 Å². The van der Waals surface area contributed by atoms with Crippen molar-refractivity contribution in [3.8, 4) is 11.1 Å². The molecule has 1 aliphatic carbocycles. The molecule has 10 heteroatoms. The monoisotopic (exact) mass is 654 g/mol. The first-order valence-corrected chi connectivity index (χ1v) is 18.1. The van der Waals surface area contributed by atoms with Crippen molar-refractivity contribution in [2.45, 2.75) is 37.3 Å². The Morgan fingerprint density at radius 1 is 0.857 bits per heavy atom. The minimum atomic E-state index is -1.28. The van der Waals surface area contributed by atoms with Gasteiger partial charge in [0.1, 0.15) is 24.5 Å². The molecule has 2 atom stereocenters. The second kappa shape index (κ2) is 14.0. The van der Waals surface area contributed by atoms with E-state index in [-0.39, 0.29) is 37.6 Å². The van der Waals surface area contributed by atoms with Gasteiger partial charge in [0.15, 0.2) is 0 Å². The van der Waals surface area contributed by atoms with Crippen LogP contribution in [0.25, 0.3) is 11.1 Å². The fourth-order valence-electron chi connectivity index (χ4n) is 5.13. The minimum Gasteiger partial charge on any atom is -0.480 e. The molecule has 3 aromatic carbocycles. The molecule has 42 heavy (non-hydrogen) atoms. The van der Waals surface area contributed by atoms with Gasteiger partial charge in [-0.25, -0.2) is 9.59 Å². The molecule has 8 nitrogen and oxygen atoms in total. The highest BCUT2D eigenvalue weighted by molar-refractivity contribution is 9.58. The molecule has 3 aromatic rings. The van der Waals surface area contributed by atoms with E-state index in [0.717, 1.165) is 27.8 Å². The molecule has 0 fully saturated rings. The molecule has 2 amide bonds. The van der Waals surface area contributed by atoms with Gasteiger partial charge in [0, 0.05) is 24.5 Å². The van der Waals surface area contributed by atoms with Gasteiger partial charge >= 0.3 is 12.1 Å². The molecule has 0 radical (unpaired) electrons. The van der Waals surface area contributed by atoms with Crippen molar-refractivity contribution in [3.05, 3.63) is 95.6 Å². The number of Topliss-reactive ketones (excluding diaryl/α,β-unsaturated/α-hetero) is 1. The van der Waals surface area contributed by atoms with E-state index in [1.54, 1.807) is 0 Å². The minimum absolute atomic E-state index is 0.0163. The zero-order valence-electron chi connectivity index (χ0n) is 23.5. The summed E-state index contributed by atoms with van der Waals surface area (Å²) in [5, 5.41) is 14.9. The van der Waals surface area contributed by atoms with Gasteiger partial charge in [-0.1, -0.05) is 78.9 Å². The van der Waals surface area contributed by atoms with Gasteiger partial charge in [-0.2, -0.15) is 8.46 Å². The van der Waals surface area contributed by atoms with Crippen LogP contribution in [0.2, 0.25) is 0 Å². The lowest BCUT2D eigenvalue weighted by Gasteiger charge is -2.23. The summed E-state index contributed by atoms with van der Waals surface area (Å²) < 4.78 is 5.64. The Kier molecular flexibility index (Phi) is 10.5. The number of halogens is 1. The quantitative estimate of drug-likeness (QED) is 0.226. The summed E-state index contributed by atoms with van der Waals surface area (Å²) in [6.07, 6.45) is 3.18. The number of carboxylic acid groups (broad SMARTS) is 1. The van der Waals surface area contributed by atoms with Crippen LogP contribution in [0.1, 0.15) is 35.4 Å². The first kappa shape index (κ1) is 31.3. The second-order valence-electron chi connectivity index (χ2n) is 10.7. The van der Waals surface area contributed by atoms with Gasteiger partial charge in [0.25, 0.3) is 0 Å². The molecule has 3 N–H and O–H groups in total. The smallest absolute Gasteiger partial charge is 0.407 e. The average molecular weight is 656 g/mol. The number of benzene rings is 3. The summed E-state index contributed by atoms with van der Waals surface area (Å²) in [7, 11) is -1.25. The molecule has 0 spiro atoms. The second-order valence-corrected chi connectivity index (χ2v) is 19.1. The van der Waals surface area contributed by atoms with Crippen LogP contribution in [0.5, 0.6) is 0 Å². The maximum Gasteiger partial charge on any atom is 0.407 e. The van der Waals surface area contributed by atoms with Crippen molar-refractivity contribution < 1.29 is 29.0 Å². The van der Waals surface area contributed by atoms with Crippen molar-refractivity contribution >= 4 is 47.0 Å². The summed E-state index contributed by atoms with van der Waals surface area (Å²) >= 11 is 3.50. The summed E-state index contributed by atoms with van der Waals surface area (Å²) in [5.41, 5.74) is 5.11. The average Bonchev–Trinajstić information content (AvgIpc) is 3.26. The number of carboxylic acids is 1. The van der Waals surface area contributed by atoms with Crippen LogP contribution in [0.3, 0.4) is 0 Å². The Labute approximate surface area is 254 Å². The predicted molar refractivity (Wildman–Crippen MR) is 169 cm³/mol. The molecule has 0 saturated carbocycles. The van der Waals surface area contributed by atoms with E-state index in [4.69, 9.17) is 4.74 Å². The van der Waals surface area contributed by atoms with Crippen molar-refractivity contribution in [1.82, 2.24) is 10.6 Å². The molecular weight excluding hydrogens is 620 g/mol. The summed E-state index contributed by atoms with van der Waals surface area (Å²) in [5.74, 6) is -1.83. The Morgan fingerprint density at radius 2 is 1.43 bits per heavy atom. The number of fused-ring (bicyclic) bond motifs is 3. The van der Waals surface area contributed by atoms with E-state index in [1.807, 2.05) is 91.4 Å². The number of hydrogen-bond acceptors (Lipinski definition) is 5. The number of ketones is 1. The fraction of sp³-hybridized carbons (Fsp3) is 0.312. The SMILES string of the molecule is CS(C)(Br)CC(=O)CCC(NC(=O)C(Cc1ccccc1)NC(=O)OCC1c2ccccc2-c2ccccc21)C(=O)O. The Hall–Kier alpha value is -3.63. The van der Waals surface area contributed by atoms with Gasteiger partial charge in [0.05, 0.1) is 0 Å². The molecule has 222 valence electrons. The molecule has 1 aliphatic rings. The standard InChI is InChI=1S/C32H35BrN2O6S/c1-42(2,33)20-22(36)16-17-28(31(38)39)34-30(37)29(18-21-10-4-3-5-11-21)35-32(40)41-19-27-25-14-8-6-12-23(25)24-13-7-9-15-26(24)27/h3-15,27-29H,16-20H2,1-2H3,(H,34,37)(H,35,40)(H,38,39). The van der Waals surface area contributed by atoms with Crippen molar-refractivity contribution in [2.75, 3.05) is 24.9 Å². The van der Waals surface area contributed by atoms with Crippen LogP contribution < -0.4 is 10.6 Å². The van der Waals surface area contributed by atoms with Crippen LogP contribution >= 0.6 is 23.3 Å². The van der Waals surface area contributed by atoms with Gasteiger partial charge in [-0.05, 0) is 61.6 Å². The lowest BCUT2D eigenvalue weighted by Crippen LogP contribution is -2.52. The zero-order valence-corrected chi connectivity index (χ0v) is 26.0. The lowest BCUT2D eigenvalue weighted by atomic mass is 9.98. The number of hydrogen-bond donors (Lipinski definition) is 3. The first-order chi connectivity index (χ1) is 20.0. The predicted octanol–water partition coefficient (Wildman–Crippen LogP) is 5.43. The number of amides is 2. The first-order valence-electron chi connectivity index (χ1n) is 13.6. The third kappa shape index (κ3) is 8.45. The van der Waals surface area contributed by atoms with Crippen LogP contribution in [-0.2, 0) is 25.5 Å². The summed E-state index contributed by atoms with van der Waals surface area (Å²) in [6.45, 7) is 0.0747. The topological polar surface area (TPSA) is 122 Å². The maximum atomic E-state index is 13.3. The molecule has 2 unspecified atom stereocenters. The largest absolute Gasteiger partial charge is 0.480 e. The highest BCUT2D eigenvalue weighted by atomic mass is 79.9. The zero-order chi connectivity index (χ0) is 30.3. The van der Waals surface area contributed by atoms with Crippen LogP contribution in [0, 0.1) is 0 Å². The number of rotatable bonds is 13. The maximum absolute atomic E-state index is 13.3. The normalized spacial score (nSPS) is 14.2. The Bertz CT molecular complexity index is 1400. The van der Waals surface area contributed by atoms with Crippen LogP contribution in [0.15, 0.2) is 78.9 Å². The van der Waals surface area contributed by atoms with Gasteiger partial charge in [-0.15, -0.1) is 0 Å². The van der Waals surface area contributed by atoms with E-state index in [0.29, 0.717) is 5.75 Å². The van der Waals surface area contributed by atoms with E-state index in [9.17, 15) is 24.3 Å². The van der Waals surface area contributed by atoms with Crippen LogP contribution in [-0.4, -0.2) is 65.8 Å². The number of aliphatic carboxylic acids is 1. The third-order valence-corrected chi connectivity index (χ3v) is 8.76. The van der Waals surface area contributed by atoms with Crippen LogP contribution in [0.4, 0.5) is 4.79 Å². The van der Waals surface area contributed by atoms with E-state index in [1.165, 1.54) is 0 Å². The molecule has 0 heterocycles.